The van der Waals surface area contributed by atoms with Crippen molar-refractivity contribution in [2.75, 3.05) is 17.3 Å². The largest absolute Gasteiger partial charge is 0.322 e. The van der Waals surface area contributed by atoms with Gasteiger partial charge >= 0.3 is 0 Å². The Balaban J connectivity index is 1.71. The highest BCUT2D eigenvalue weighted by molar-refractivity contribution is 14.1. The number of carbonyl (C=O) groups excluding carboxylic acids is 2. The molecule has 0 saturated carbocycles. The number of rotatable bonds is 4. The standard InChI is InChI=1S/C21H17IN2O2/c1-24(17-7-3-2-4-8-17)21(26)15-11-13-16(14-12-15)23-20(25)18-9-5-6-10-19(18)22/h2-14H,1H3,(H,23,25). The van der Waals surface area contributed by atoms with Crippen LogP contribution in [-0.2, 0) is 0 Å². The Morgan fingerprint density at radius 3 is 2.12 bits per heavy atom. The van der Waals surface area contributed by atoms with Crippen molar-refractivity contribution in [3.05, 3.63) is 93.6 Å². The molecule has 3 aromatic rings. The summed E-state index contributed by atoms with van der Waals surface area (Å²) < 4.78 is 0.888. The van der Waals surface area contributed by atoms with E-state index in [0.29, 0.717) is 16.8 Å². The van der Waals surface area contributed by atoms with Gasteiger partial charge in [0.15, 0.2) is 0 Å². The summed E-state index contributed by atoms with van der Waals surface area (Å²) in [5.74, 6) is -0.276. The van der Waals surface area contributed by atoms with Gasteiger partial charge in [0.25, 0.3) is 11.8 Å². The third kappa shape index (κ3) is 4.11. The molecule has 0 unspecified atom stereocenters. The van der Waals surface area contributed by atoms with Crippen molar-refractivity contribution in [2.24, 2.45) is 0 Å². The molecule has 0 aliphatic carbocycles. The summed E-state index contributed by atoms with van der Waals surface area (Å²) in [5.41, 5.74) is 2.66. The maximum atomic E-state index is 12.6. The van der Waals surface area contributed by atoms with Gasteiger partial charge in [-0.1, -0.05) is 30.3 Å². The fourth-order valence-corrected chi connectivity index (χ4v) is 3.13. The lowest BCUT2D eigenvalue weighted by Gasteiger charge is -2.17. The van der Waals surface area contributed by atoms with E-state index in [-0.39, 0.29) is 11.8 Å². The summed E-state index contributed by atoms with van der Waals surface area (Å²) in [4.78, 5) is 26.5. The smallest absolute Gasteiger partial charge is 0.258 e. The molecule has 0 saturated heterocycles. The Morgan fingerprint density at radius 1 is 0.846 bits per heavy atom. The molecule has 3 rings (SSSR count). The van der Waals surface area contributed by atoms with Crippen molar-refractivity contribution < 1.29 is 9.59 Å². The topological polar surface area (TPSA) is 49.4 Å². The minimum Gasteiger partial charge on any atom is -0.322 e. The monoisotopic (exact) mass is 456 g/mol. The molecule has 0 aliphatic heterocycles. The lowest BCUT2D eigenvalue weighted by atomic mass is 10.1. The van der Waals surface area contributed by atoms with Crippen LogP contribution in [0.1, 0.15) is 20.7 Å². The SMILES string of the molecule is CN(C(=O)c1ccc(NC(=O)c2ccccc2I)cc1)c1ccccc1. The number of hydrogen-bond donors (Lipinski definition) is 1. The maximum Gasteiger partial charge on any atom is 0.258 e. The first kappa shape index (κ1) is 18.1. The van der Waals surface area contributed by atoms with Gasteiger partial charge in [-0.15, -0.1) is 0 Å². The highest BCUT2D eigenvalue weighted by Crippen LogP contribution is 2.18. The van der Waals surface area contributed by atoms with Crippen molar-refractivity contribution >= 4 is 45.8 Å². The van der Waals surface area contributed by atoms with Crippen LogP contribution in [0.15, 0.2) is 78.9 Å². The molecule has 0 aromatic heterocycles. The molecule has 0 fully saturated rings. The predicted molar refractivity (Wildman–Crippen MR) is 113 cm³/mol. The number of nitrogens with zero attached hydrogens (tertiary/aromatic N) is 1. The van der Waals surface area contributed by atoms with Crippen LogP contribution in [0.5, 0.6) is 0 Å². The fourth-order valence-electron chi connectivity index (χ4n) is 2.50. The molecule has 0 bridgehead atoms. The third-order valence-electron chi connectivity index (χ3n) is 3.96. The van der Waals surface area contributed by atoms with Crippen LogP contribution in [0, 0.1) is 3.57 Å². The number of nitrogens with one attached hydrogen (secondary N) is 1. The zero-order valence-corrected chi connectivity index (χ0v) is 16.3. The first-order valence-corrected chi connectivity index (χ1v) is 9.13. The molecular formula is C21H17IN2O2. The van der Waals surface area contributed by atoms with Crippen LogP contribution >= 0.6 is 22.6 Å². The highest BCUT2D eigenvalue weighted by Gasteiger charge is 2.14. The number of carbonyl (C=O) groups is 2. The quantitative estimate of drug-likeness (QED) is 0.573. The molecule has 5 heteroatoms. The molecule has 26 heavy (non-hydrogen) atoms. The van der Waals surface area contributed by atoms with Crippen LogP contribution in [0.4, 0.5) is 11.4 Å². The Hall–Kier alpha value is -2.67. The van der Waals surface area contributed by atoms with Crippen molar-refractivity contribution in [3.63, 3.8) is 0 Å². The summed E-state index contributed by atoms with van der Waals surface area (Å²) >= 11 is 2.13. The molecule has 0 aliphatic rings. The number of benzene rings is 3. The van der Waals surface area contributed by atoms with Crippen LogP contribution in [0.2, 0.25) is 0 Å². The Kier molecular flexibility index (Phi) is 5.68. The van der Waals surface area contributed by atoms with Gasteiger partial charge in [-0.05, 0) is 71.1 Å². The molecule has 0 radical (unpaired) electrons. The van der Waals surface area contributed by atoms with Crippen LogP contribution in [-0.4, -0.2) is 18.9 Å². The van der Waals surface area contributed by atoms with E-state index in [9.17, 15) is 9.59 Å². The van der Waals surface area contributed by atoms with Gasteiger partial charge in [-0.25, -0.2) is 0 Å². The minimum absolute atomic E-state index is 0.105. The third-order valence-corrected chi connectivity index (χ3v) is 4.90. The van der Waals surface area contributed by atoms with Crippen molar-refractivity contribution in [3.8, 4) is 0 Å². The second kappa shape index (κ2) is 8.14. The molecular weight excluding hydrogens is 439 g/mol. The lowest BCUT2D eigenvalue weighted by molar-refractivity contribution is 0.0991. The Bertz CT molecular complexity index is 924. The average Bonchev–Trinajstić information content (AvgIpc) is 2.68. The van der Waals surface area contributed by atoms with Crippen LogP contribution in [0.25, 0.3) is 0 Å². The number of halogens is 1. The average molecular weight is 456 g/mol. The number of hydrogen-bond acceptors (Lipinski definition) is 2. The Morgan fingerprint density at radius 2 is 1.46 bits per heavy atom. The zero-order valence-electron chi connectivity index (χ0n) is 14.1. The van der Waals surface area contributed by atoms with E-state index in [0.717, 1.165) is 9.26 Å². The first-order valence-electron chi connectivity index (χ1n) is 8.05. The molecule has 2 amide bonds. The van der Waals surface area contributed by atoms with Crippen molar-refractivity contribution in [2.45, 2.75) is 0 Å². The van der Waals surface area contributed by atoms with Crippen LogP contribution < -0.4 is 10.2 Å². The van der Waals surface area contributed by atoms with Gasteiger partial charge in [0.1, 0.15) is 0 Å². The molecule has 4 nitrogen and oxygen atoms in total. The highest BCUT2D eigenvalue weighted by atomic mass is 127. The molecule has 3 aromatic carbocycles. The van der Waals surface area contributed by atoms with Crippen LogP contribution in [0.3, 0.4) is 0 Å². The summed E-state index contributed by atoms with van der Waals surface area (Å²) in [6, 6.07) is 23.8. The van der Waals surface area contributed by atoms with E-state index in [1.165, 1.54) is 0 Å². The second-order valence-corrected chi connectivity index (χ2v) is 6.87. The summed E-state index contributed by atoms with van der Waals surface area (Å²) in [5, 5.41) is 2.86. The van der Waals surface area contributed by atoms with E-state index in [2.05, 4.69) is 27.9 Å². The molecule has 1 N–H and O–H groups in total. The lowest BCUT2D eigenvalue weighted by Crippen LogP contribution is -2.26. The zero-order chi connectivity index (χ0) is 18.5. The Labute approximate surface area is 166 Å². The molecule has 130 valence electrons. The van der Waals surface area contributed by atoms with Gasteiger partial charge in [-0.2, -0.15) is 0 Å². The van der Waals surface area contributed by atoms with E-state index in [4.69, 9.17) is 0 Å². The first-order chi connectivity index (χ1) is 12.6. The maximum absolute atomic E-state index is 12.6. The summed E-state index contributed by atoms with van der Waals surface area (Å²) in [6.07, 6.45) is 0. The predicted octanol–water partition coefficient (Wildman–Crippen LogP) is 4.82. The van der Waals surface area contributed by atoms with E-state index in [1.54, 1.807) is 42.3 Å². The van der Waals surface area contributed by atoms with E-state index < -0.39 is 0 Å². The van der Waals surface area contributed by atoms with Gasteiger partial charge in [0.05, 0.1) is 5.56 Å². The van der Waals surface area contributed by atoms with Crippen molar-refractivity contribution in [1.29, 1.82) is 0 Å². The number of para-hydroxylation sites is 1. The van der Waals surface area contributed by atoms with Gasteiger partial charge in [-0.3, -0.25) is 9.59 Å². The van der Waals surface area contributed by atoms with E-state index >= 15 is 0 Å². The van der Waals surface area contributed by atoms with Gasteiger partial charge in [0.2, 0.25) is 0 Å². The number of anilines is 2. The summed E-state index contributed by atoms with van der Waals surface area (Å²) in [6.45, 7) is 0. The normalized spacial score (nSPS) is 10.2. The molecule has 0 heterocycles. The molecule has 0 spiro atoms. The number of amides is 2. The van der Waals surface area contributed by atoms with Gasteiger partial charge < -0.3 is 10.2 Å². The molecule has 0 atom stereocenters. The van der Waals surface area contributed by atoms with E-state index in [1.807, 2.05) is 48.5 Å². The fraction of sp³-hybridized carbons (Fsp3) is 0.0476. The summed E-state index contributed by atoms with van der Waals surface area (Å²) in [7, 11) is 1.74. The van der Waals surface area contributed by atoms with Gasteiger partial charge in [0, 0.05) is 27.6 Å². The minimum atomic E-state index is -0.171. The van der Waals surface area contributed by atoms with Crippen molar-refractivity contribution in [1.82, 2.24) is 0 Å². The second-order valence-electron chi connectivity index (χ2n) is 5.71.